The molecule has 2 rings (SSSR count). The molecule has 2 aromatic rings. The average Bonchev–Trinajstić information content (AvgIpc) is 2.37. The van der Waals surface area contributed by atoms with Gasteiger partial charge in [0.2, 0.25) is 0 Å². The predicted octanol–water partition coefficient (Wildman–Crippen LogP) is 2.43. The van der Waals surface area contributed by atoms with Crippen molar-refractivity contribution < 1.29 is 23.0 Å². The molecule has 20 heavy (non-hydrogen) atoms. The number of aliphatic hydroxyl groups excluding tert-OH is 1. The summed E-state index contributed by atoms with van der Waals surface area (Å²) in [7, 11) is 0. The van der Waals surface area contributed by atoms with Crippen molar-refractivity contribution in [1.29, 1.82) is 0 Å². The average molecular weight is 285 g/mol. The van der Waals surface area contributed by atoms with Crippen LogP contribution in [-0.2, 0) is 6.61 Å². The van der Waals surface area contributed by atoms with Crippen molar-refractivity contribution in [3.8, 4) is 16.9 Å². The summed E-state index contributed by atoms with van der Waals surface area (Å²) >= 11 is 0. The number of nitrogens with one attached hydrogen (secondary N) is 1. The summed E-state index contributed by atoms with van der Waals surface area (Å²) in [6, 6.07) is 6.75. The maximum atomic E-state index is 12.1. The molecule has 0 saturated carbocycles. The molecule has 1 heterocycles. The zero-order valence-electron chi connectivity index (χ0n) is 10.1. The second-order valence-electron chi connectivity index (χ2n) is 3.98. The number of hydrogen-bond acceptors (Lipinski definition) is 3. The molecule has 2 N–H and O–H groups in total. The van der Waals surface area contributed by atoms with Crippen LogP contribution in [-0.4, -0.2) is 16.5 Å². The van der Waals surface area contributed by atoms with Gasteiger partial charge in [-0.1, -0.05) is 12.1 Å². The molecule has 106 valence electrons. The monoisotopic (exact) mass is 285 g/mol. The van der Waals surface area contributed by atoms with Crippen molar-refractivity contribution in [1.82, 2.24) is 4.98 Å². The Morgan fingerprint density at radius 1 is 1.20 bits per heavy atom. The second-order valence-corrected chi connectivity index (χ2v) is 3.98. The van der Waals surface area contributed by atoms with E-state index >= 15 is 0 Å². The van der Waals surface area contributed by atoms with E-state index in [-0.39, 0.29) is 11.3 Å². The fraction of sp³-hybridized carbons (Fsp3) is 0.154. The Kier molecular flexibility index (Phi) is 3.80. The van der Waals surface area contributed by atoms with Gasteiger partial charge in [-0.05, 0) is 29.3 Å². The first kappa shape index (κ1) is 14.1. The number of benzene rings is 1. The summed E-state index contributed by atoms with van der Waals surface area (Å²) in [5.41, 5.74) is 0.586. The van der Waals surface area contributed by atoms with Gasteiger partial charge in [0.15, 0.2) is 0 Å². The zero-order valence-corrected chi connectivity index (χ0v) is 10.1. The molecule has 7 heteroatoms. The van der Waals surface area contributed by atoms with Crippen molar-refractivity contribution >= 4 is 0 Å². The molecule has 0 aliphatic heterocycles. The zero-order chi connectivity index (χ0) is 14.8. The molecule has 0 bridgehead atoms. The minimum absolute atomic E-state index is 0.129. The summed E-state index contributed by atoms with van der Waals surface area (Å²) in [5.74, 6) is -0.355. The Morgan fingerprint density at radius 2 is 1.95 bits per heavy atom. The molecule has 0 amide bonds. The Morgan fingerprint density at radius 3 is 2.60 bits per heavy atom. The lowest BCUT2D eigenvalue weighted by Gasteiger charge is -2.10. The van der Waals surface area contributed by atoms with Crippen LogP contribution in [0.15, 0.2) is 41.3 Å². The normalized spacial score (nSPS) is 11.4. The number of aromatic nitrogens is 1. The van der Waals surface area contributed by atoms with E-state index in [9.17, 15) is 18.0 Å². The van der Waals surface area contributed by atoms with Gasteiger partial charge in [-0.25, -0.2) is 0 Å². The first-order valence-electron chi connectivity index (χ1n) is 5.58. The first-order chi connectivity index (χ1) is 9.39. The van der Waals surface area contributed by atoms with Crippen LogP contribution in [0.2, 0.25) is 0 Å². The minimum atomic E-state index is -4.76. The molecular formula is C13H10F3NO3. The Hall–Kier alpha value is -2.28. The third kappa shape index (κ3) is 3.39. The third-order valence-corrected chi connectivity index (χ3v) is 2.55. The van der Waals surface area contributed by atoms with Crippen LogP contribution in [0.1, 0.15) is 5.56 Å². The molecule has 0 fully saturated rings. The highest BCUT2D eigenvalue weighted by atomic mass is 19.4. The number of aromatic amines is 1. The van der Waals surface area contributed by atoms with Gasteiger partial charge >= 0.3 is 6.36 Å². The Bertz CT molecular complexity index is 664. The van der Waals surface area contributed by atoms with E-state index in [1.807, 2.05) is 0 Å². The summed E-state index contributed by atoms with van der Waals surface area (Å²) < 4.78 is 40.3. The molecule has 1 aromatic carbocycles. The van der Waals surface area contributed by atoms with Gasteiger partial charge < -0.3 is 14.8 Å². The van der Waals surface area contributed by atoms with Crippen molar-refractivity contribution in [2.45, 2.75) is 13.0 Å². The van der Waals surface area contributed by atoms with Crippen molar-refractivity contribution in [3.63, 3.8) is 0 Å². The van der Waals surface area contributed by atoms with Crippen LogP contribution >= 0.6 is 0 Å². The van der Waals surface area contributed by atoms with Crippen molar-refractivity contribution in [2.75, 3.05) is 0 Å². The van der Waals surface area contributed by atoms with E-state index in [1.54, 1.807) is 6.07 Å². The van der Waals surface area contributed by atoms with Crippen LogP contribution in [0.3, 0.4) is 0 Å². The van der Waals surface area contributed by atoms with E-state index in [4.69, 9.17) is 5.11 Å². The highest BCUT2D eigenvalue weighted by Gasteiger charge is 2.31. The summed E-state index contributed by atoms with van der Waals surface area (Å²) in [6.07, 6.45) is -3.41. The van der Waals surface area contributed by atoms with Crippen LogP contribution in [0.4, 0.5) is 13.2 Å². The third-order valence-electron chi connectivity index (χ3n) is 2.55. The van der Waals surface area contributed by atoms with Crippen LogP contribution in [0.25, 0.3) is 11.1 Å². The minimum Gasteiger partial charge on any atom is -0.406 e. The van der Waals surface area contributed by atoms with Gasteiger partial charge in [0, 0.05) is 11.8 Å². The van der Waals surface area contributed by atoms with E-state index in [2.05, 4.69) is 9.72 Å². The van der Waals surface area contributed by atoms with E-state index in [0.29, 0.717) is 11.1 Å². The van der Waals surface area contributed by atoms with Crippen LogP contribution in [0.5, 0.6) is 5.75 Å². The molecule has 4 nitrogen and oxygen atoms in total. The number of hydrogen-bond donors (Lipinski definition) is 2. The number of pyridine rings is 1. The van der Waals surface area contributed by atoms with Gasteiger partial charge in [-0.3, -0.25) is 4.79 Å². The van der Waals surface area contributed by atoms with Crippen molar-refractivity contribution in [2.24, 2.45) is 0 Å². The van der Waals surface area contributed by atoms with Crippen LogP contribution in [0, 0.1) is 0 Å². The van der Waals surface area contributed by atoms with Crippen LogP contribution < -0.4 is 10.3 Å². The molecule has 0 radical (unpaired) electrons. The Labute approximate surface area is 111 Å². The predicted molar refractivity (Wildman–Crippen MR) is 65.1 cm³/mol. The van der Waals surface area contributed by atoms with Gasteiger partial charge in [-0.15, -0.1) is 13.2 Å². The largest absolute Gasteiger partial charge is 0.573 e. The van der Waals surface area contributed by atoms with E-state index in [1.165, 1.54) is 30.5 Å². The van der Waals surface area contributed by atoms with E-state index < -0.39 is 18.5 Å². The van der Waals surface area contributed by atoms with Gasteiger partial charge in [-0.2, -0.15) is 0 Å². The number of H-pyrrole nitrogens is 1. The lowest BCUT2D eigenvalue weighted by atomic mass is 10.1. The molecule has 0 saturated heterocycles. The smallest absolute Gasteiger partial charge is 0.406 e. The standard InChI is InChI=1S/C13H10F3NO3/c14-13(15,16)20-11-3-1-2-8(5-11)9-4-10(7-18)12(19)17-6-9/h1-6,18H,7H2,(H,17,19). The highest BCUT2D eigenvalue weighted by Crippen LogP contribution is 2.27. The summed E-state index contributed by atoms with van der Waals surface area (Å²) in [4.78, 5) is 13.7. The first-order valence-corrected chi connectivity index (χ1v) is 5.58. The molecule has 1 aromatic heterocycles. The molecule has 0 atom stereocenters. The fourth-order valence-corrected chi connectivity index (χ4v) is 1.69. The molecule has 0 unspecified atom stereocenters. The second kappa shape index (κ2) is 5.38. The molecular weight excluding hydrogens is 275 g/mol. The van der Waals surface area contributed by atoms with Gasteiger partial charge in [0.05, 0.1) is 6.61 Å². The fourth-order valence-electron chi connectivity index (χ4n) is 1.69. The number of rotatable bonds is 3. The summed E-state index contributed by atoms with van der Waals surface area (Å²) in [6.45, 7) is -0.456. The number of alkyl halides is 3. The van der Waals surface area contributed by atoms with Crippen molar-refractivity contribution in [3.05, 3.63) is 52.4 Å². The molecule has 0 spiro atoms. The SMILES string of the molecule is O=c1[nH]cc(-c2cccc(OC(F)(F)F)c2)cc1CO. The summed E-state index contributed by atoms with van der Waals surface area (Å²) in [5, 5.41) is 9.00. The maximum Gasteiger partial charge on any atom is 0.573 e. The topological polar surface area (TPSA) is 62.3 Å². The number of halogens is 3. The van der Waals surface area contributed by atoms with E-state index in [0.717, 1.165) is 0 Å². The maximum absolute atomic E-state index is 12.1. The lowest BCUT2D eigenvalue weighted by molar-refractivity contribution is -0.274. The highest BCUT2D eigenvalue weighted by molar-refractivity contribution is 5.64. The number of aliphatic hydroxyl groups is 1. The van der Waals surface area contributed by atoms with Gasteiger partial charge in [0.1, 0.15) is 5.75 Å². The lowest BCUT2D eigenvalue weighted by Crippen LogP contribution is -2.17. The van der Waals surface area contributed by atoms with Gasteiger partial charge in [0.25, 0.3) is 5.56 Å². The quantitative estimate of drug-likeness (QED) is 0.910. The molecule has 0 aliphatic rings. The number of ether oxygens (including phenoxy) is 1. The molecule has 0 aliphatic carbocycles. The Balaban J connectivity index is 2.38.